The smallest absolute Gasteiger partial charge is 0.223 e. The maximum atomic E-state index is 14.5. The Balaban J connectivity index is 1.08. The van der Waals surface area contributed by atoms with Crippen LogP contribution in [0.25, 0.3) is 5.65 Å². The van der Waals surface area contributed by atoms with Gasteiger partial charge in [-0.15, -0.1) is 10.2 Å². The number of rotatable bonds is 6. The lowest BCUT2D eigenvalue weighted by atomic mass is 9.74. The van der Waals surface area contributed by atoms with E-state index < -0.39 is 0 Å². The molecule has 1 aliphatic carbocycles. The average molecular weight is 508 g/mol. The lowest BCUT2D eigenvalue weighted by Crippen LogP contribution is -2.50. The summed E-state index contributed by atoms with van der Waals surface area (Å²) in [7, 11) is 1.57. The van der Waals surface area contributed by atoms with Gasteiger partial charge in [0.1, 0.15) is 17.9 Å². The third kappa shape index (κ3) is 4.93. The zero-order valence-corrected chi connectivity index (χ0v) is 21.1. The van der Waals surface area contributed by atoms with Crippen molar-refractivity contribution in [1.29, 1.82) is 0 Å². The van der Waals surface area contributed by atoms with Crippen LogP contribution in [0.3, 0.4) is 0 Å². The van der Waals surface area contributed by atoms with Crippen LogP contribution < -0.4 is 20.9 Å². The van der Waals surface area contributed by atoms with E-state index in [1.165, 1.54) is 11.6 Å². The van der Waals surface area contributed by atoms with E-state index in [4.69, 9.17) is 4.74 Å². The number of fused-ring (bicyclic) bond motifs is 2. The maximum absolute atomic E-state index is 14.5. The number of pyridine rings is 1. The van der Waals surface area contributed by atoms with Crippen molar-refractivity contribution in [3.63, 3.8) is 0 Å². The zero-order valence-electron chi connectivity index (χ0n) is 21.1. The second-order valence-corrected chi connectivity index (χ2v) is 10.6. The Kier molecular flexibility index (Phi) is 6.79. The van der Waals surface area contributed by atoms with Crippen molar-refractivity contribution in [1.82, 2.24) is 35.7 Å². The number of piperidine rings is 1. The highest BCUT2D eigenvalue weighted by molar-refractivity contribution is 5.79. The first-order valence-electron chi connectivity index (χ1n) is 13.2. The summed E-state index contributed by atoms with van der Waals surface area (Å²) in [4.78, 5) is 15.6. The van der Waals surface area contributed by atoms with Crippen LogP contribution in [0.1, 0.15) is 49.3 Å². The molecule has 1 amide bonds. The minimum Gasteiger partial charge on any atom is -0.496 e. The van der Waals surface area contributed by atoms with Gasteiger partial charge in [-0.3, -0.25) is 19.5 Å². The van der Waals surface area contributed by atoms with Crippen molar-refractivity contribution in [3.8, 4) is 5.75 Å². The molecule has 6 rings (SSSR count). The monoisotopic (exact) mass is 507 g/mol. The van der Waals surface area contributed by atoms with E-state index in [0.717, 1.165) is 44.3 Å². The number of aromatic nitrogens is 3. The fourth-order valence-electron chi connectivity index (χ4n) is 6.40. The molecule has 0 bridgehead atoms. The summed E-state index contributed by atoms with van der Waals surface area (Å²) in [6.07, 6.45) is 8.38. The van der Waals surface area contributed by atoms with Crippen molar-refractivity contribution in [2.75, 3.05) is 20.2 Å². The van der Waals surface area contributed by atoms with E-state index in [-0.39, 0.29) is 29.7 Å². The molecule has 3 fully saturated rings. The highest BCUT2D eigenvalue weighted by Crippen LogP contribution is 2.40. The first-order chi connectivity index (χ1) is 18.1. The number of likely N-dealkylation sites (tertiary alicyclic amines) is 1. The standard InChI is InChI=1S/C27H34FN7O2/c1-37-24-6-2-5-22(28)21(24)15-34-11-3-4-19(14-34)30-27(36)17-7-9-23-20(12-17)26(33-31-23)18-8-10-25-32-29-16-35(25)13-18/h2,5-6,8,10,13,16-17,19-20,23,26,31,33H,3-4,7,9,11-12,14-15H2,1H3,(H,30,36)/t17?,19-,20?,23?,26?/m1/s1. The number of hydrogen-bond donors (Lipinski definition) is 3. The molecule has 3 aromatic rings. The van der Waals surface area contributed by atoms with Gasteiger partial charge < -0.3 is 10.1 Å². The Hall–Kier alpha value is -3.08. The quantitative estimate of drug-likeness (QED) is 0.472. The molecule has 4 heterocycles. The van der Waals surface area contributed by atoms with Crippen molar-refractivity contribution in [2.45, 2.75) is 56.8 Å². The second kappa shape index (κ2) is 10.4. The molecule has 3 aliphatic rings. The summed E-state index contributed by atoms with van der Waals surface area (Å²) in [6, 6.07) is 9.57. The predicted octanol–water partition coefficient (Wildman–Crippen LogP) is 2.59. The Bertz CT molecular complexity index is 1270. The van der Waals surface area contributed by atoms with Crippen molar-refractivity contribution in [3.05, 3.63) is 59.8 Å². The summed E-state index contributed by atoms with van der Waals surface area (Å²) in [6.45, 7) is 2.07. The van der Waals surface area contributed by atoms with Crippen LogP contribution in [0, 0.1) is 17.7 Å². The number of methoxy groups -OCH3 is 1. The first-order valence-corrected chi connectivity index (χ1v) is 13.2. The molecule has 3 N–H and O–H groups in total. The number of amides is 1. The van der Waals surface area contributed by atoms with Gasteiger partial charge >= 0.3 is 0 Å². The fourth-order valence-corrected chi connectivity index (χ4v) is 6.40. The molecule has 2 saturated heterocycles. The molecule has 1 aromatic carbocycles. The van der Waals surface area contributed by atoms with Crippen LogP contribution in [0.5, 0.6) is 5.75 Å². The van der Waals surface area contributed by atoms with Crippen LogP contribution in [0.2, 0.25) is 0 Å². The van der Waals surface area contributed by atoms with Crippen molar-refractivity contribution in [2.24, 2.45) is 11.8 Å². The molecule has 10 heteroatoms. The molecule has 2 aliphatic heterocycles. The summed E-state index contributed by atoms with van der Waals surface area (Å²) < 4.78 is 21.8. The maximum Gasteiger partial charge on any atom is 0.223 e. The van der Waals surface area contributed by atoms with Gasteiger partial charge in [0.15, 0.2) is 5.65 Å². The van der Waals surface area contributed by atoms with E-state index in [1.807, 2.05) is 10.5 Å². The number of ether oxygens (including phenoxy) is 1. The molecule has 0 spiro atoms. The van der Waals surface area contributed by atoms with Crippen LogP contribution in [-0.2, 0) is 11.3 Å². The highest BCUT2D eigenvalue weighted by atomic mass is 19.1. The third-order valence-electron chi connectivity index (χ3n) is 8.33. The average Bonchev–Trinajstić information content (AvgIpc) is 3.56. The minimum atomic E-state index is -0.251. The molecule has 2 aromatic heterocycles. The topological polar surface area (TPSA) is 95.8 Å². The lowest BCUT2D eigenvalue weighted by molar-refractivity contribution is -0.127. The summed E-state index contributed by atoms with van der Waals surface area (Å²) in [5.41, 5.74) is 9.50. The molecule has 5 atom stereocenters. The van der Waals surface area contributed by atoms with E-state index in [1.54, 1.807) is 25.6 Å². The van der Waals surface area contributed by atoms with Gasteiger partial charge in [0, 0.05) is 42.9 Å². The number of hydrazine groups is 1. The molecule has 37 heavy (non-hydrogen) atoms. The number of nitrogens with zero attached hydrogens (tertiary/aromatic N) is 4. The Labute approximate surface area is 215 Å². The predicted molar refractivity (Wildman–Crippen MR) is 136 cm³/mol. The number of benzene rings is 1. The van der Waals surface area contributed by atoms with Gasteiger partial charge in [-0.1, -0.05) is 12.1 Å². The number of nitrogens with one attached hydrogen (secondary N) is 3. The van der Waals surface area contributed by atoms with Gasteiger partial charge in [0.2, 0.25) is 5.91 Å². The molecular weight excluding hydrogens is 473 g/mol. The minimum absolute atomic E-state index is 0.00821. The molecule has 9 nitrogen and oxygen atoms in total. The van der Waals surface area contributed by atoms with E-state index in [9.17, 15) is 9.18 Å². The van der Waals surface area contributed by atoms with Crippen LogP contribution in [0.4, 0.5) is 4.39 Å². The second-order valence-electron chi connectivity index (χ2n) is 10.6. The largest absolute Gasteiger partial charge is 0.496 e. The molecule has 4 unspecified atom stereocenters. The van der Waals surface area contributed by atoms with Gasteiger partial charge in [0.25, 0.3) is 0 Å². The highest BCUT2D eigenvalue weighted by Gasteiger charge is 2.43. The molecular formula is C27H34FN7O2. The van der Waals surface area contributed by atoms with Crippen LogP contribution >= 0.6 is 0 Å². The van der Waals surface area contributed by atoms with Gasteiger partial charge in [-0.2, -0.15) is 0 Å². The number of hydrogen-bond acceptors (Lipinski definition) is 7. The van der Waals surface area contributed by atoms with E-state index in [2.05, 4.69) is 43.5 Å². The van der Waals surface area contributed by atoms with Crippen molar-refractivity contribution >= 4 is 11.6 Å². The third-order valence-corrected chi connectivity index (χ3v) is 8.33. The van der Waals surface area contributed by atoms with Crippen molar-refractivity contribution < 1.29 is 13.9 Å². The summed E-state index contributed by atoms with van der Waals surface area (Å²) >= 11 is 0. The summed E-state index contributed by atoms with van der Waals surface area (Å²) in [5, 5.41) is 11.4. The molecule has 0 radical (unpaired) electrons. The summed E-state index contributed by atoms with van der Waals surface area (Å²) in [5.74, 6) is 0.786. The number of carbonyl (C=O) groups is 1. The number of halogens is 1. The Morgan fingerprint density at radius 3 is 3.03 bits per heavy atom. The Morgan fingerprint density at radius 2 is 2.14 bits per heavy atom. The fraction of sp³-hybridized carbons (Fsp3) is 0.519. The van der Waals surface area contributed by atoms with Gasteiger partial charge in [0.05, 0.1) is 13.2 Å². The number of carbonyl (C=O) groups excluding carboxylic acids is 1. The van der Waals surface area contributed by atoms with E-state index >= 15 is 0 Å². The normalized spacial score (nSPS) is 28.2. The van der Waals surface area contributed by atoms with Crippen LogP contribution in [0.15, 0.2) is 42.9 Å². The first kappa shape index (κ1) is 24.3. The molecule has 1 saturated carbocycles. The van der Waals surface area contributed by atoms with Gasteiger partial charge in [-0.05, 0) is 68.3 Å². The van der Waals surface area contributed by atoms with Gasteiger partial charge in [-0.25, -0.2) is 9.82 Å². The molecule has 196 valence electrons. The lowest BCUT2D eigenvalue weighted by Gasteiger charge is -2.36. The zero-order chi connectivity index (χ0) is 25.4. The Morgan fingerprint density at radius 1 is 1.22 bits per heavy atom. The SMILES string of the molecule is COc1cccc(F)c1CN1CCC[C@@H](NC(=O)C2CCC3NNC(c4ccc5nncn5c4)C3C2)C1. The van der Waals surface area contributed by atoms with Crippen LogP contribution in [-0.4, -0.2) is 57.7 Å². The van der Waals surface area contributed by atoms with E-state index in [0.29, 0.717) is 36.4 Å².